The number of rotatable bonds is 3. The molecule has 2 aromatic rings. The van der Waals surface area contributed by atoms with E-state index in [1.165, 1.54) is 24.1 Å². The molecule has 2 aliphatic heterocycles. The first-order valence-corrected chi connectivity index (χ1v) is 11.2. The summed E-state index contributed by atoms with van der Waals surface area (Å²) in [7, 11) is 0. The van der Waals surface area contributed by atoms with Crippen molar-refractivity contribution < 1.29 is 0 Å². The number of thioether (sulfide) groups is 1. The molecule has 0 radical (unpaired) electrons. The second-order valence-corrected chi connectivity index (χ2v) is 8.86. The minimum absolute atomic E-state index is 0.0350. The van der Waals surface area contributed by atoms with E-state index in [0.717, 1.165) is 67.2 Å². The summed E-state index contributed by atoms with van der Waals surface area (Å²) in [4.78, 5) is 24.2. The van der Waals surface area contributed by atoms with Crippen LogP contribution in [0.1, 0.15) is 48.2 Å². The van der Waals surface area contributed by atoms with E-state index in [4.69, 9.17) is 5.10 Å². The Balaban J connectivity index is 1.44. The van der Waals surface area contributed by atoms with E-state index >= 15 is 0 Å². The average Bonchev–Trinajstić information content (AvgIpc) is 3.16. The number of anilines is 1. The molecule has 0 aromatic carbocycles. The van der Waals surface area contributed by atoms with Gasteiger partial charge in [0.1, 0.15) is 12.1 Å². The summed E-state index contributed by atoms with van der Waals surface area (Å²) in [5.41, 5.74) is 4.82. The lowest BCUT2D eigenvalue weighted by Gasteiger charge is -2.29. The highest BCUT2D eigenvalue weighted by molar-refractivity contribution is 7.98. The fourth-order valence-electron chi connectivity index (χ4n) is 4.64. The lowest BCUT2D eigenvalue weighted by Crippen LogP contribution is -2.39. The summed E-state index contributed by atoms with van der Waals surface area (Å²) in [5.74, 6) is 3.12. The molecule has 7 heteroatoms. The first-order chi connectivity index (χ1) is 13.3. The lowest BCUT2D eigenvalue weighted by atomic mass is 9.96. The normalized spacial score (nSPS) is 21.8. The topological polar surface area (TPSA) is 63.9 Å². The van der Waals surface area contributed by atoms with E-state index in [0.29, 0.717) is 6.54 Å². The SMILES string of the molecule is O=c1cc2c(nn1CC1CCCN1c1ncnc3c1CCCC3)CCSC2. The van der Waals surface area contributed by atoms with E-state index in [-0.39, 0.29) is 11.6 Å². The number of hydrogen-bond donors (Lipinski definition) is 0. The van der Waals surface area contributed by atoms with Crippen LogP contribution in [0.4, 0.5) is 5.82 Å². The minimum Gasteiger partial charge on any atom is -0.351 e. The maximum absolute atomic E-state index is 12.6. The van der Waals surface area contributed by atoms with Crippen LogP contribution in [-0.2, 0) is 31.6 Å². The van der Waals surface area contributed by atoms with Crippen molar-refractivity contribution in [3.63, 3.8) is 0 Å². The molecule has 0 saturated carbocycles. The van der Waals surface area contributed by atoms with Crippen LogP contribution >= 0.6 is 11.8 Å². The van der Waals surface area contributed by atoms with Gasteiger partial charge in [0.05, 0.1) is 18.3 Å². The molecular weight excluding hydrogens is 358 g/mol. The first-order valence-electron chi connectivity index (χ1n) is 10.1. The molecule has 142 valence electrons. The molecule has 2 aromatic heterocycles. The van der Waals surface area contributed by atoms with E-state index in [2.05, 4.69) is 14.9 Å². The number of aromatic nitrogens is 4. The quantitative estimate of drug-likeness (QED) is 0.811. The number of hydrogen-bond acceptors (Lipinski definition) is 6. The van der Waals surface area contributed by atoms with Crippen LogP contribution in [-0.4, -0.2) is 38.1 Å². The molecular formula is C20H25N5OS. The molecule has 0 spiro atoms. The van der Waals surface area contributed by atoms with Gasteiger partial charge >= 0.3 is 0 Å². The van der Waals surface area contributed by atoms with Gasteiger partial charge in [0.15, 0.2) is 0 Å². The largest absolute Gasteiger partial charge is 0.351 e. The summed E-state index contributed by atoms with van der Waals surface area (Å²) in [6.45, 7) is 1.66. The van der Waals surface area contributed by atoms with Gasteiger partial charge in [-0.05, 0) is 49.8 Å². The van der Waals surface area contributed by atoms with Crippen LogP contribution in [0.2, 0.25) is 0 Å². The Bertz CT molecular complexity index is 912. The zero-order valence-corrected chi connectivity index (χ0v) is 16.4. The molecule has 6 nitrogen and oxygen atoms in total. The Morgan fingerprint density at radius 1 is 1.11 bits per heavy atom. The van der Waals surface area contributed by atoms with Gasteiger partial charge in [-0.2, -0.15) is 16.9 Å². The number of aryl methyl sites for hydroxylation is 2. The zero-order chi connectivity index (χ0) is 18.2. The highest BCUT2D eigenvalue weighted by Gasteiger charge is 2.30. The van der Waals surface area contributed by atoms with E-state index in [1.807, 2.05) is 11.8 Å². The predicted octanol–water partition coefficient (Wildman–Crippen LogP) is 2.37. The van der Waals surface area contributed by atoms with Gasteiger partial charge in [-0.15, -0.1) is 0 Å². The lowest BCUT2D eigenvalue weighted by molar-refractivity contribution is 0.478. The van der Waals surface area contributed by atoms with Crippen LogP contribution in [0.5, 0.6) is 0 Å². The highest BCUT2D eigenvalue weighted by Crippen LogP contribution is 2.32. The summed E-state index contributed by atoms with van der Waals surface area (Å²) in [6, 6.07) is 2.09. The van der Waals surface area contributed by atoms with Gasteiger partial charge in [-0.1, -0.05) is 0 Å². The Morgan fingerprint density at radius 2 is 2.04 bits per heavy atom. The van der Waals surface area contributed by atoms with Crippen LogP contribution in [0.25, 0.3) is 0 Å². The summed E-state index contributed by atoms with van der Waals surface area (Å²) in [5, 5.41) is 4.72. The third-order valence-electron chi connectivity index (χ3n) is 6.04. The third kappa shape index (κ3) is 3.26. The molecule has 5 rings (SSSR count). The molecule has 1 fully saturated rings. The first kappa shape index (κ1) is 17.2. The summed E-state index contributed by atoms with van der Waals surface area (Å²) >= 11 is 1.89. The molecule has 1 unspecified atom stereocenters. The van der Waals surface area contributed by atoms with Gasteiger partial charge in [0.2, 0.25) is 0 Å². The smallest absolute Gasteiger partial charge is 0.267 e. The molecule has 1 atom stereocenters. The number of nitrogens with zero attached hydrogens (tertiary/aromatic N) is 5. The Labute approximate surface area is 163 Å². The second-order valence-electron chi connectivity index (χ2n) is 7.76. The zero-order valence-electron chi connectivity index (χ0n) is 15.6. The van der Waals surface area contributed by atoms with Gasteiger partial charge in [0, 0.05) is 36.0 Å². The standard InChI is InChI=1S/C20H25N5OS/c26-19-10-14-12-27-9-7-17(14)23-25(19)11-15-4-3-8-24(15)20-16-5-1-2-6-18(16)21-13-22-20/h10,13,15H,1-9,11-12H2. The van der Waals surface area contributed by atoms with Gasteiger partial charge < -0.3 is 4.90 Å². The molecule has 1 saturated heterocycles. The Hall–Kier alpha value is -1.89. The van der Waals surface area contributed by atoms with E-state index in [9.17, 15) is 4.79 Å². The molecule has 0 amide bonds. The van der Waals surface area contributed by atoms with Gasteiger partial charge in [0.25, 0.3) is 5.56 Å². The molecule has 3 aliphatic rings. The Kier molecular flexibility index (Phi) is 4.63. The van der Waals surface area contributed by atoms with Crippen molar-refractivity contribution in [2.45, 2.75) is 63.3 Å². The monoisotopic (exact) mass is 383 g/mol. The second kappa shape index (κ2) is 7.26. The van der Waals surface area contributed by atoms with Crippen LogP contribution in [0, 0.1) is 0 Å². The maximum atomic E-state index is 12.6. The highest BCUT2D eigenvalue weighted by atomic mass is 32.2. The Morgan fingerprint density at radius 3 is 3.00 bits per heavy atom. The summed E-state index contributed by atoms with van der Waals surface area (Å²) in [6.07, 6.45) is 9.48. The van der Waals surface area contributed by atoms with Crippen LogP contribution in [0.15, 0.2) is 17.2 Å². The van der Waals surface area contributed by atoms with Crippen LogP contribution in [0.3, 0.4) is 0 Å². The summed E-state index contributed by atoms with van der Waals surface area (Å²) < 4.78 is 1.70. The maximum Gasteiger partial charge on any atom is 0.267 e. The van der Waals surface area contributed by atoms with E-state index in [1.54, 1.807) is 17.1 Å². The predicted molar refractivity (Wildman–Crippen MR) is 107 cm³/mol. The molecule has 1 aliphatic carbocycles. The van der Waals surface area contributed by atoms with Crippen molar-refractivity contribution in [2.24, 2.45) is 0 Å². The number of fused-ring (bicyclic) bond motifs is 2. The van der Waals surface area contributed by atoms with Crippen molar-refractivity contribution in [2.75, 3.05) is 17.2 Å². The van der Waals surface area contributed by atoms with Gasteiger partial charge in [-0.25, -0.2) is 14.6 Å². The van der Waals surface area contributed by atoms with Gasteiger partial charge in [-0.3, -0.25) is 4.79 Å². The van der Waals surface area contributed by atoms with Crippen molar-refractivity contribution in [3.05, 3.63) is 45.3 Å². The molecule has 0 N–H and O–H groups in total. The molecule has 27 heavy (non-hydrogen) atoms. The molecule has 0 bridgehead atoms. The van der Waals surface area contributed by atoms with Crippen molar-refractivity contribution >= 4 is 17.6 Å². The van der Waals surface area contributed by atoms with Crippen molar-refractivity contribution in [3.8, 4) is 0 Å². The fraction of sp³-hybridized carbons (Fsp3) is 0.600. The average molecular weight is 384 g/mol. The minimum atomic E-state index is 0.0350. The fourth-order valence-corrected chi connectivity index (χ4v) is 5.59. The van der Waals surface area contributed by atoms with Crippen molar-refractivity contribution in [1.82, 2.24) is 19.7 Å². The third-order valence-corrected chi connectivity index (χ3v) is 7.05. The van der Waals surface area contributed by atoms with Crippen molar-refractivity contribution in [1.29, 1.82) is 0 Å². The van der Waals surface area contributed by atoms with Crippen LogP contribution < -0.4 is 10.5 Å². The molecule has 4 heterocycles. The van der Waals surface area contributed by atoms with E-state index < -0.39 is 0 Å².